The molecule has 1 atom stereocenters. The molecule has 0 fully saturated rings. The standard InChI is InChI=1S/C28H23ClN4O4/c1-17(32-35)24-13-25(34)26(37-16-18-6-8-21(36-2)9-7-18)15-33(24)20-5-3-4-19(12-20)27-22-10-11-30-28(22)31-14-23(27)29/h3-15,17H,16H2,1-2H3,(H,30,31). The minimum Gasteiger partial charge on any atom is -0.497 e. The SMILES string of the molecule is COc1ccc(COc2cn(-c3cccc(-c4c(Cl)cnc5[nH]ccc45)c3)c(C(C)N=O)cc2=O)cc1. The van der Waals surface area contributed by atoms with Crippen LogP contribution in [0.25, 0.3) is 27.8 Å². The summed E-state index contributed by atoms with van der Waals surface area (Å²) >= 11 is 6.55. The van der Waals surface area contributed by atoms with Gasteiger partial charge in [0, 0.05) is 35.1 Å². The van der Waals surface area contributed by atoms with Crippen molar-refractivity contribution < 1.29 is 9.47 Å². The molecule has 1 unspecified atom stereocenters. The van der Waals surface area contributed by atoms with Gasteiger partial charge in [-0.05, 0) is 48.4 Å². The van der Waals surface area contributed by atoms with Gasteiger partial charge in [0.25, 0.3) is 0 Å². The summed E-state index contributed by atoms with van der Waals surface area (Å²) in [5.74, 6) is 0.884. The third-order valence-electron chi connectivity index (χ3n) is 6.14. The van der Waals surface area contributed by atoms with E-state index in [1.165, 1.54) is 6.07 Å². The summed E-state index contributed by atoms with van der Waals surface area (Å²) in [5.41, 5.74) is 4.11. The van der Waals surface area contributed by atoms with E-state index < -0.39 is 6.04 Å². The van der Waals surface area contributed by atoms with Gasteiger partial charge in [0.05, 0.1) is 24.0 Å². The van der Waals surface area contributed by atoms with Gasteiger partial charge < -0.3 is 19.0 Å². The summed E-state index contributed by atoms with van der Waals surface area (Å²) in [7, 11) is 1.60. The fourth-order valence-corrected chi connectivity index (χ4v) is 4.47. The molecule has 8 nitrogen and oxygen atoms in total. The van der Waals surface area contributed by atoms with E-state index in [1.54, 1.807) is 31.0 Å². The average molecular weight is 515 g/mol. The molecule has 5 aromatic rings. The lowest BCUT2D eigenvalue weighted by atomic mass is 10.0. The average Bonchev–Trinajstić information content (AvgIpc) is 3.41. The van der Waals surface area contributed by atoms with Gasteiger partial charge in [-0.1, -0.05) is 41.0 Å². The molecule has 1 N–H and O–H groups in total. The Hall–Kier alpha value is -4.43. The van der Waals surface area contributed by atoms with Crippen molar-refractivity contribution in [3.05, 3.63) is 111 Å². The number of methoxy groups -OCH3 is 1. The lowest BCUT2D eigenvalue weighted by Gasteiger charge is -2.18. The van der Waals surface area contributed by atoms with Gasteiger partial charge in [0.15, 0.2) is 5.75 Å². The molecule has 2 aromatic carbocycles. The summed E-state index contributed by atoms with van der Waals surface area (Å²) in [4.78, 5) is 31.8. The van der Waals surface area contributed by atoms with Crippen LogP contribution in [0.2, 0.25) is 5.02 Å². The van der Waals surface area contributed by atoms with E-state index in [2.05, 4.69) is 15.1 Å². The van der Waals surface area contributed by atoms with Crippen molar-refractivity contribution in [1.82, 2.24) is 14.5 Å². The van der Waals surface area contributed by atoms with Gasteiger partial charge in [0.1, 0.15) is 24.0 Å². The van der Waals surface area contributed by atoms with E-state index in [0.29, 0.717) is 16.4 Å². The zero-order valence-electron chi connectivity index (χ0n) is 20.1. The van der Waals surface area contributed by atoms with Crippen LogP contribution in [-0.4, -0.2) is 21.6 Å². The van der Waals surface area contributed by atoms with Crippen molar-refractivity contribution in [2.24, 2.45) is 5.18 Å². The van der Waals surface area contributed by atoms with Crippen LogP contribution in [0, 0.1) is 4.91 Å². The number of hydrogen-bond acceptors (Lipinski definition) is 6. The predicted molar refractivity (Wildman–Crippen MR) is 144 cm³/mol. The van der Waals surface area contributed by atoms with Gasteiger partial charge in [-0.25, -0.2) is 4.98 Å². The molecule has 0 bridgehead atoms. The van der Waals surface area contributed by atoms with E-state index in [1.807, 2.05) is 60.8 Å². The molecule has 0 aliphatic heterocycles. The Morgan fingerprint density at radius 2 is 1.95 bits per heavy atom. The van der Waals surface area contributed by atoms with Gasteiger partial charge >= 0.3 is 0 Å². The van der Waals surface area contributed by atoms with E-state index in [9.17, 15) is 9.70 Å². The second-order valence-electron chi connectivity index (χ2n) is 8.49. The monoisotopic (exact) mass is 514 g/mol. The minimum absolute atomic E-state index is 0.151. The molecule has 0 saturated carbocycles. The zero-order valence-corrected chi connectivity index (χ0v) is 20.9. The molecular weight excluding hydrogens is 492 g/mol. The topological polar surface area (TPSA) is 98.6 Å². The molecule has 0 aliphatic carbocycles. The van der Waals surface area contributed by atoms with Crippen LogP contribution in [0.4, 0.5) is 0 Å². The minimum atomic E-state index is -0.757. The normalized spacial score (nSPS) is 11.9. The molecule has 5 rings (SSSR count). The molecule has 3 aromatic heterocycles. The Labute approximate surface area is 217 Å². The van der Waals surface area contributed by atoms with Crippen molar-refractivity contribution in [3.8, 4) is 28.3 Å². The highest BCUT2D eigenvalue weighted by atomic mass is 35.5. The Morgan fingerprint density at radius 1 is 1.14 bits per heavy atom. The van der Waals surface area contributed by atoms with Crippen molar-refractivity contribution in [3.63, 3.8) is 0 Å². The number of hydrogen-bond donors (Lipinski definition) is 1. The van der Waals surface area contributed by atoms with Gasteiger partial charge in [-0.3, -0.25) is 4.79 Å². The van der Waals surface area contributed by atoms with Crippen LogP contribution in [0.3, 0.4) is 0 Å². The molecule has 0 spiro atoms. The second-order valence-corrected chi connectivity index (χ2v) is 8.89. The van der Waals surface area contributed by atoms with Gasteiger partial charge in [0.2, 0.25) is 5.43 Å². The quantitative estimate of drug-likeness (QED) is 0.240. The number of nitrogens with zero attached hydrogens (tertiary/aromatic N) is 3. The van der Waals surface area contributed by atoms with Crippen LogP contribution in [0.5, 0.6) is 11.5 Å². The molecule has 37 heavy (non-hydrogen) atoms. The van der Waals surface area contributed by atoms with E-state index in [-0.39, 0.29) is 17.8 Å². The first-order valence-corrected chi connectivity index (χ1v) is 11.9. The summed E-state index contributed by atoms with van der Waals surface area (Å²) in [5, 5.41) is 4.55. The third-order valence-corrected chi connectivity index (χ3v) is 6.43. The van der Waals surface area contributed by atoms with Crippen LogP contribution in [0.15, 0.2) is 89.2 Å². The smallest absolute Gasteiger partial charge is 0.223 e. The highest BCUT2D eigenvalue weighted by molar-refractivity contribution is 6.34. The van der Waals surface area contributed by atoms with Crippen molar-refractivity contribution in [2.45, 2.75) is 19.6 Å². The van der Waals surface area contributed by atoms with Crippen molar-refractivity contribution in [1.29, 1.82) is 0 Å². The van der Waals surface area contributed by atoms with E-state index >= 15 is 0 Å². The first-order chi connectivity index (χ1) is 18.0. The molecule has 186 valence electrons. The second kappa shape index (κ2) is 10.3. The number of pyridine rings is 2. The highest BCUT2D eigenvalue weighted by Crippen LogP contribution is 2.35. The Morgan fingerprint density at radius 3 is 2.70 bits per heavy atom. The zero-order chi connectivity index (χ0) is 25.9. The number of aromatic amines is 1. The van der Waals surface area contributed by atoms with Gasteiger partial charge in [-0.15, -0.1) is 0 Å². The first kappa shape index (κ1) is 24.3. The molecule has 9 heteroatoms. The number of nitroso groups, excluding NO2 is 1. The molecule has 0 amide bonds. The summed E-state index contributed by atoms with van der Waals surface area (Å²) in [6, 6.07) is 17.6. The number of aromatic nitrogens is 3. The Balaban J connectivity index is 1.57. The van der Waals surface area contributed by atoms with Crippen LogP contribution < -0.4 is 14.9 Å². The maximum Gasteiger partial charge on any atom is 0.223 e. The molecule has 0 aliphatic rings. The number of rotatable bonds is 8. The lowest BCUT2D eigenvalue weighted by Crippen LogP contribution is -2.15. The number of halogens is 1. The molecule has 0 radical (unpaired) electrons. The highest BCUT2D eigenvalue weighted by Gasteiger charge is 2.17. The predicted octanol–water partition coefficient (Wildman–Crippen LogP) is 6.45. The van der Waals surface area contributed by atoms with Crippen LogP contribution >= 0.6 is 11.6 Å². The molecule has 0 saturated heterocycles. The van der Waals surface area contributed by atoms with E-state index in [0.717, 1.165) is 33.5 Å². The first-order valence-electron chi connectivity index (χ1n) is 11.6. The summed E-state index contributed by atoms with van der Waals surface area (Å²) < 4.78 is 12.8. The Kier molecular flexibility index (Phi) is 6.74. The van der Waals surface area contributed by atoms with E-state index in [4.69, 9.17) is 21.1 Å². The number of fused-ring (bicyclic) bond motifs is 1. The van der Waals surface area contributed by atoms with Crippen molar-refractivity contribution >= 4 is 22.6 Å². The largest absolute Gasteiger partial charge is 0.497 e. The van der Waals surface area contributed by atoms with Crippen molar-refractivity contribution in [2.75, 3.05) is 7.11 Å². The molecule has 3 heterocycles. The molecular formula is C28H23ClN4O4. The summed E-state index contributed by atoms with van der Waals surface area (Å²) in [6.45, 7) is 1.83. The fourth-order valence-electron chi connectivity index (χ4n) is 4.21. The number of benzene rings is 2. The third kappa shape index (κ3) is 4.83. The number of nitrogens with one attached hydrogen (secondary N) is 1. The number of ether oxygens (including phenoxy) is 2. The Bertz CT molecular complexity index is 1640. The fraction of sp³-hybridized carbons (Fsp3) is 0.143. The van der Waals surface area contributed by atoms with Gasteiger partial charge in [-0.2, -0.15) is 4.91 Å². The van der Waals surface area contributed by atoms with Crippen LogP contribution in [0.1, 0.15) is 24.2 Å². The lowest BCUT2D eigenvalue weighted by molar-refractivity contribution is 0.300. The summed E-state index contributed by atoms with van der Waals surface area (Å²) in [6.07, 6.45) is 5.02. The maximum atomic E-state index is 12.9. The number of H-pyrrole nitrogens is 1. The van der Waals surface area contributed by atoms with Crippen LogP contribution in [-0.2, 0) is 6.61 Å². The maximum absolute atomic E-state index is 12.9.